The SMILES string of the molecule is CN(CC1CCOCC1)C(CN)CNC(=O)OC(C)(C)C. The van der Waals surface area contributed by atoms with E-state index in [1.54, 1.807) is 0 Å². The molecule has 3 N–H and O–H groups in total. The van der Waals surface area contributed by atoms with Crippen LogP contribution in [0.3, 0.4) is 0 Å². The lowest BCUT2D eigenvalue weighted by Crippen LogP contribution is -2.48. The number of ether oxygens (including phenoxy) is 2. The molecule has 21 heavy (non-hydrogen) atoms. The Kier molecular flexibility index (Phi) is 7.42. The Morgan fingerprint density at radius 2 is 2.05 bits per heavy atom. The van der Waals surface area contributed by atoms with Crippen LogP contribution in [0, 0.1) is 5.92 Å². The van der Waals surface area contributed by atoms with Crippen LogP contribution < -0.4 is 11.1 Å². The summed E-state index contributed by atoms with van der Waals surface area (Å²) in [5.41, 5.74) is 5.36. The minimum atomic E-state index is -0.476. The molecule has 0 aromatic rings. The van der Waals surface area contributed by atoms with Crippen molar-refractivity contribution in [2.24, 2.45) is 11.7 Å². The van der Waals surface area contributed by atoms with Crippen LogP contribution in [0.2, 0.25) is 0 Å². The van der Waals surface area contributed by atoms with Crippen LogP contribution in [-0.2, 0) is 9.47 Å². The first-order chi connectivity index (χ1) is 9.81. The van der Waals surface area contributed by atoms with Crippen molar-refractivity contribution in [2.75, 3.05) is 39.9 Å². The molecule has 1 aliphatic rings. The summed E-state index contributed by atoms with van der Waals surface area (Å²) in [6.45, 7) is 9.25. The smallest absolute Gasteiger partial charge is 0.407 e. The molecule has 1 saturated heterocycles. The van der Waals surface area contributed by atoms with Gasteiger partial charge in [-0.25, -0.2) is 4.79 Å². The van der Waals surface area contributed by atoms with Gasteiger partial charge in [-0.2, -0.15) is 0 Å². The molecule has 1 atom stereocenters. The second kappa shape index (κ2) is 8.56. The number of carbonyl (C=O) groups excluding carboxylic acids is 1. The van der Waals surface area contributed by atoms with Crippen LogP contribution >= 0.6 is 0 Å². The third-order valence-electron chi connectivity index (χ3n) is 3.66. The molecule has 6 nitrogen and oxygen atoms in total. The molecule has 1 heterocycles. The molecule has 0 aromatic heterocycles. The van der Waals surface area contributed by atoms with Crippen molar-refractivity contribution in [1.82, 2.24) is 10.2 Å². The van der Waals surface area contributed by atoms with Crippen LogP contribution in [-0.4, -0.2) is 62.5 Å². The first-order valence-electron chi connectivity index (χ1n) is 7.76. The maximum Gasteiger partial charge on any atom is 0.407 e. The van der Waals surface area contributed by atoms with Crippen LogP contribution in [0.1, 0.15) is 33.6 Å². The van der Waals surface area contributed by atoms with Gasteiger partial charge in [-0.3, -0.25) is 0 Å². The average Bonchev–Trinajstić information content (AvgIpc) is 2.38. The van der Waals surface area contributed by atoms with Gasteiger partial charge in [-0.05, 0) is 46.6 Å². The van der Waals surface area contributed by atoms with E-state index in [9.17, 15) is 4.79 Å². The summed E-state index contributed by atoms with van der Waals surface area (Å²) in [4.78, 5) is 13.9. The minimum Gasteiger partial charge on any atom is -0.444 e. The van der Waals surface area contributed by atoms with Gasteiger partial charge in [-0.15, -0.1) is 0 Å². The standard InChI is InChI=1S/C15H31N3O3/c1-15(2,3)21-14(19)17-10-13(9-16)18(4)11-12-5-7-20-8-6-12/h12-13H,5-11,16H2,1-4H3,(H,17,19). The second-order valence-corrected chi connectivity index (χ2v) is 6.77. The lowest BCUT2D eigenvalue weighted by atomic mass is 9.99. The molecule has 1 aliphatic heterocycles. The predicted octanol–water partition coefficient (Wildman–Crippen LogP) is 1.20. The van der Waals surface area contributed by atoms with Gasteiger partial charge in [0.05, 0.1) is 0 Å². The van der Waals surface area contributed by atoms with E-state index in [-0.39, 0.29) is 12.1 Å². The lowest BCUT2D eigenvalue weighted by Gasteiger charge is -2.32. The zero-order valence-electron chi connectivity index (χ0n) is 13.9. The van der Waals surface area contributed by atoms with Crippen molar-refractivity contribution in [3.8, 4) is 0 Å². The predicted molar refractivity (Wildman–Crippen MR) is 83.3 cm³/mol. The van der Waals surface area contributed by atoms with E-state index in [0.29, 0.717) is 19.0 Å². The summed E-state index contributed by atoms with van der Waals surface area (Å²) >= 11 is 0. The van der Waals surface area contributed by atoms with Gasteiger partial charge in [0, 0.05) is 38.9 Å². The van der Waals surface area contributed by atoms with Gasteiger partial charge < -0.3 is 25.4 Å². The number of nitrogens with zero attached hydrogens (tertiary/aromatic N) is 1. The average molecular weight is 301 g/mol. The summed E-state index contributed by atoms with van der Waals surface area (Å²) in [5, 5.41) is 2.80. The molecule has 0 saturated carbocycles. The molecule has 1 amide bonds. The van der Waals surface area contributed by atoms with Crippen LogP contribution in [0.15, 0.2) is 0 Å². The fraction of sp³-hybridized carbons (Fsp3) is 0.933. The molecule has 0 spiro atoms. The Balaban J connectivity index is 2.33. The van der Waals surface area contributed by atoms with Crippen LogP contribution in [0.25, 0.3) is 0 Å². The second-order valence-electron chi connectivity index (χ2n) is 6.77. The van der Waals surface area contributed by atoms with Crippen LogP contribution in [0.5, 0.6) is 0 Å². The number of alkyl carbamates (subject to hydrolysis) is 1. The number of nitrogens with two attached hydrogens (primary N) is 1. The Labute approximate surface area is 128 Å². The third kappa shape index (κ3) is 7.64. The highest BCUT2D eigenvalue weighted by molar-refractivity contribution is 5.67. The van der Waals surface area contributed by atoms with Crippen molar-refractivity contribution in [1.29, 1.82) is 0 Å². The van der Waals surface area contributed by atoms with Gasteiger partial charge in [0.2, 0.25) is 0 Å². The molecule has 0 aliphatic carbocycles. The van der Waals surface area contributed by atoms with E-state index >= 15 is 0 Å². The Hall–Kier alpha value is -0.850. The topological polar surface area (TPSA) is 76.8 Å². The van der Waals surface area contributed by atoms with Crippen LogP contribution in [0.4, 0.5) is 4.79 Å². The normalized spacial score (nSPS) is 18.6. The van der Waals surface area contributed by atoms with Crippen molar-refractivity contribution >= 4 is 6.09 Å². The zero-order chi connectivity index (χ0) is 15.9. The molecule has 6 heteroatoms. The van der Waals surface area contributed by atoms with Crippen molar-refractivity contribution in [3.05, 3.63) is 0 Å². The number of amides is 1. The Morgan fingerprint density at radius 1 is 1.43 bits per heavy atom. The summed E-state index contributed by atoms with van der Waals surface area (Å²) in [5.74, 6) is 0.652. The molecule has 124 valence electrons. The summed E-state index contributed by atoms with van der Waals surface area (Å²) in [6, 6.07) is 0.125. The number of nitrogens with one attached hydrogen (secondary N) is 1. The van der Waals surface area contributed by atoms with E-state index in [4.69, 9.17) is 15.2 Å². The Bertz CT molecular complexity index is 312. The number of hydrogen-bond acceptors (Lipinski definition) is 5. The van der Waals surface area contributed by atoms with Crippen molar-refractivity contribution in [2.45, 2.75) is 45.3 Å². The van der Waals surface area contributed by atoms with E-state index in [1.807, 2.05) is 20.8 Å². The number of carbonyl (C=O) groups is 1. The van der Waals surface area contributed by atoms with Gasteiger partial charge >= 0.3 is 6.09 Å². The number of likely N-dealkylation sites (N-methyl/N-ethyl adjacent to an activating group) is 1. The van der Waals surface area contributed by atoms with Gasteiger partial charge in [-0.1, -0.05) is 0 Å². The van der Waals surface area contributed by atoms with Crippen molar-refractivity contribution in [3.63, 3.8) is 0 Å². The van der Waals surface area contributed by atoms with E-state index in [0.717, 1.165) is 32.6 Å². The first kappa shape index (κ1) is 18.2. The lowest BCUT2D eigenvalue weighted by molar-refractivity contribution is 0.0457. The first-order valence-corrected chi connectivity index (χ1v) is 7.76. The maximum atomic E-state index is 11.7. The highest BCUT2D eigenvalue weighted by Gasteiger charge is 2.22. The third-order valence-corrected chi connectivity index (χ3v) is 3.66. The fourth-order valence-corrected chi connectivity index (χ4v) is 2.42. The molecule has 0 aromatic carbocycles. The summed E-state index contributed by atoms with van der Waals surface area (Å²) in [6.07, 6.45) is 1.81. The van der Waals surface area contributed by atoms with Gasteiger partial charge in [0.1, 0.15) is 5.60 Å². The summed E-state index contributed by atoms with van der Waals surface area (Å²) in [7, 11) is 2.06. The summed E-state index contributed by atoms with van der Waals surface area (Å²) < 4.78 is 10.6. The molecule has 0 bridgehead atoms. The van der Waals surface area contributed by atoms with E-state index < -0.39 is 5.60 Å². The monoisotopic (exact) mass is 301 g/mol. The van der Waals surface area contributed by atoms with E-state index in [1.165, 1.54) is 0 Å². The van der Waals surface area contributed by atoms with E-state index in [2.05, 4.69) is 17.3 Å². The number of rotatable bonds is 6. The molecule has 1 fully saturated rings. The van der Waals surface area contributed by atoms with Gasteiger partial charge in [0.15, 0.2) is 0 Å². The molecule has 1 unspecified atom stereocenters. The largest absolute Gasteiger partial charge is 0.444 e. The molecule has 1 rings (SSSR count). The molecular weight excluding hydrogens is 270 g/mol. The fourth-order valence-electron chi connectivity index (χ4n) is 2.42. The zero-order valence-corrected chi connectivity index (χ0v) is 13.9. The Morgan fingerprint density at radius 3 is 2.57 bits per heavy atom. The molecular formula is C15H31N3O3. The molecule has 0 radical (unpaired) electrons. The maximum absolute atomic E-state index is 11.7. The van der Waals surface area contributed by atoms with Gasteiger partial charge in [0.25, 0.3) is 0 Å². The van der Waals surface area contributed by atoms with Crippen molar-refractivity contribution < 1.29 is 14.3 Å². The minimum absolute atomic E-state index is 0.125. The quantitative estimate of drug-likeness (QED) is 0.771. The number of hydrogen-bond donors (Lipinski definition) is 2. The highest BCUT2D eigenvalue weighted by Crippen LogP contribution is 2.16. The highest BCUT2D eigenvalue weighted by atomic mass is 16.6.